The molecule has 3 rings (SSSR count). The Balaban J connectivity index is 1.56. The molecule has 7 heteroatoms. The Hall–Kier alpha value is -2.28. The third-order valence-electron chi connectivity index (χ3n) is 3.53. The monoisotopic (exact) mass is 346 g/mol. The van der Waals surface area contributed by atoms with Crippen molar-refractivity contribution in [1.29, 1.82) is 0 Å². The minimum atomic E-state index is 0.677. The zero-order valence-electron chi connectivity index (χ0n) is 14.0. The van der Waals surface area contributed by atoms with Gasteiger partial charge in [-0.3, -0.25) is 4.99 Å². The number of hydrogen-bond acceptors (Lipinski definition) is 5. The van der Waals surface area contributed by atoms with Gasteiger partial charge in [0.15, 0.2) is 17.5 Å². The number of nitrogens with zero attached hydrogens (tertiary/aromatic N) is 2. The first kappa shape index (κ1) is 16.6. The van der Waals surface area contributed by atoms with Crippen LogP contribution in [0, 0.1) is 6.92 Å². The number of benzene rings is 1. The molecule has 1 aliphatic heterocycles. The molecule has 0 amide bonds. The summed E-state index contributed by atoms with van der Waals surface area (Å²) in [6, 6.07) is 5.83. The number of aliphatic imine (C=N–C) groups is 1. The highest BCUT2D eigenvalue weighted by Crippen LogP contribution is 2.32. The maximum Gasteiger partial charge on any atom is 0.195 e. The Labute approximate surface area is 145 Å². The Bertz CT molecular complexity index is 714. The van der Waals surface area contributed by atoms with Gasteiger partial charge in [0.25, 0.3) is 0 Å². The van der Waals surface area contributed by atoms with E-state index in [0.29, 0.717) is 13.2 Å². The SMILES string of the molecule is CN=C(NCCc1ncc(C)s1)Nc1ccc2c(c1)OCCCO2. The normalized spacial score (nSPS) is 14.2. The Kier molecular flexibility index (Phi) is 5.53. The standard InChI is InChI=1S/C17H22N4O2S/c1-12-11-20-16(24-12)6-7-19-17(18-2)21-13-4-5-14-15(10-13)23-9-3-8-22-14/h4-5,10-11H,3,6-9H2,1-2H3,(H2,18,19,21). The van der Waals surface area contributed by atoms with Gasteiger partial charge in [0.1, 0.15) is 0 Å². The molecule has 0 saturated heterocycles. The average molecular weight is 346 g/mol. The smallest absolute Gasteiger partial charge is 0.195 e. The fourth-order valence-electron chi connectivity index (χ4n) is 2.36. The number of aryl methyl sites for hydroxylation is 1. The van der Waals surface area contributed by atoms with E-state index in [-0.39, 0.29) is 0 Å². The van der Waals surface area contributed by atoms with Crippen molar-refractivity contribution in [2.24, 2.45) is 4.99 Å². The zero-order valence-corrected chi connectivity index (χ0v) is 14.8. The lowest BCUT2D eigenvalue weighted by atomic mass is 10.3. The highest BCUT2D eigenvalue weighted by atomic mass is 32.1. The van der Waals surface area contributed by atoms with E-state index in [0.717, 1.165) is 47.5 Å². The van der Waals surface area contributed by atoms with Crippen LogP contribution in [0.1, 0.15) is 16.3 Å². The van der Waals surface area contributed by atoms with Gasteiger partial charge < -0.3 is 20.1 Å². The molecule has 128 valence electrons. The lowest BCUT2D eigenvalue weighted by molar-refractivity contribution is 0.297. The second kappa shape index (κ2) is 8.01. The number of rotatable bonds is 4. The van der Waals surface area contributed by atoms with Gasteiger partial charge in [-0.05, 0) is 19.1 Å². The molecule has 2 heterocycles. The van der Waals surface area contributed by atoms with Crippen LogP contribution in [-0.4, -0.2) is 37.7 Å². The van der Waals surface area contributed by atoms with Crippen molar-refractivity contribution in [2.45, 2.75) is 19.8 Å². The number of guanidine groups is 1. The summed E-state index contributed by atoms with van der Waals surface area (Å²) < 4.78 is 11.4. The molecular formula is C17H22N4O2S. The third kappa shape index (κ3) is 4.38. The summed E-state index contributed by atoms with van der Waals surface area (Å²) in [7, 11) is 1.76. The predicted molar refractivity (Wildman–Crippen MR) is 97.6 cm³/mol. The summed E-state index contributed by atoms with van der Waals surface area (Å²) >= 11 is 1.73. The topological polar surface area (TPSA) is 67.8 Å². The van der Waals surface area contributed by atoms with E-state index in [4.69, 9.17) is 9.47 Å². The molecule has 0 radical (unpaired) electrons. The van der Waals surface area contributed by atoms with Crippen LogP contribution in [0.5, 0.6) is 11.5 Å². The summed E-state index contributed by atoms with van der Waals surface area (Å²) in [5.74, 6) is 2.28. The molecule has 6 nitrogen and oxygen atoms in total. The van der Waals surface area contributed by atoms with Gasteiger partial charge in [-0.15, -0.1) is 11.3 Å². The molecule has 0 bridgehead atoms. The van der Waals surface area contributed by atoms with Crippen LogP contribution >= 0.6 is 11.3 Å². The first-order chi connectivity index (χ1) is 11.7. The minimum Gasteiger partial charge on any atom is -0.490 e. The molecule has 0 saturated carbocycles. The largest absolute Gasteiger partial charge is 0.490 e. The molecule has 0 unspecified atom stereocenters. The first-order valence-electron chi connectivity index (χ1n) is 8.03. The predicted octanol–water partition coefficient (Wildman–Crippen LogP) is 2.84. The summed E-state index contributed by atoms with van der Waals surface area (Å²) in [6.45, 7) is 4.21. The van der Waals surface area contributed by atoms with Crippen molar-refractivity contribution < 1.29 is 9.47 Å². The van der Waals surface area contributed by atoms with Crippen molar-refractivity contribution in [3.05, 3.63) is 34.3 Å². The molecule has 0 atom stereocenters. The summed E-state index contributed by atoms with van der Waals surface area (Å²) in [4.78, 5) is 9.86. The summed E-state index contributed by atoms with van der Waals surface area (Å²) in [5.41, 5.74) is 0.914. The van der Waals surface area contributed by atoms with Crippen molar-refractivity contribution in [1.82, 2.24) is 10.3 Å². The third-order valence-corrected chi connectivity index (χ3v) is 4.51. The zero-order chi connectivity index (χ0) is 16.8. The van der Waals surface area contributed by atoms with Gasteiger partial charge in [0.05, 0.1) is 18.2 Å². The molecule has 0 aliphatic carbocycles. The molecule has 1 aromatic carbocycles. The molecular weight excluding hydrogens is 324 g/mol. The Morgan fingerprint density at radius 3 is 2.88 bits per heavy atom. The van der Waals surface area contributed by atoms with E-state index < -0.39 is 0 Å². The molecule has 2 N–H and O–H groups in total. The van der Waals surface area contributed by atoms with Crippen LogP contribution in [-0.2, 0) is 6.42 Å². The van der Waals surface area contributed by atoms with Gasteiger partial charge >= 0.3 is 0 Å². The average Bonchev–Trinajstić information content (AvgIpc) is 2.86. The van der Waals surface area contributed by atoms with Crippen LogP contribution in [0.4, 0.5) is 5.69 Å². The van der Waals surface area contributed by atoms with Gasteiger partial charge in [-0.1, -0.05) is 0 Å². The van der Waals surface area contributed by atoms with E-state index in [2.05, 4.69) is 27.5 Å². The van der Waals surface area contributed by atoms with E-state index >= 15 is 0 Å². The molecule has 0 spiro atoms. The van der Waals surface area contributed by atoms with Crippen molar-refractivity contribution in [3.8, 4) is 11.5 Å². The van der Waals surface area contributed by atoms with Crippen molar-refractivity contribution >= 4 is 23.0 Å². The Morgan fingerprint density at radius 2 is 2.12 bits per heavy atom. The van der Waals surface area contributed by atoms with E-state index in [1.807, 2.05) is 24.4 Å². The molecule has 0 fully saturated rings. The van der Waals surface area contributed by atoms with Crippen LogP contribution < -0.4 is 20.1 Å². The molecule has 1 aliphatic rings. The lowest BCUT2D eigenvalue weighted by Crippen LogP contribution is -2.32. The van der Waals surface area contributed by atoms with Gasteiger partial charge in [0, 0.05) is 49.3 Å². The summed E-state index contributed by atoms with van der Waals surface area (Å²) in [6.07, 6.45) is 3.68. The quantitative estimate of drug-likeness (QED) is 0.658. The van der Waals surface area contributed by atoms with Gasteiger partial charge in [-0.2, -0.15) is 0 Å². The van der Waals surface area contributed by atoms with Crippen molar-refractivity contribution in [3.63, 3.8) is 0 Å². The molecule has 2 aromatic rings. The number of thiazole rings is 1. The maximum absolute atomic E-state index is 5.71. The summed E-state index contributed by atoms with van der Waals surface area (Å²) in [5, 5.41) is 7.71. The van der Waals surface area contributed by atoms with Crippen molar-refractivity contribution in [2.75, 3.05) is 32.1 Å². The van der Waals surface area contributed by atoms with Gasteiger partial charge in [-0.25, -0.2) is 4.98 Å². The fourth-order valence-corrected chi connectivity index (χ4v) is 3.15. The number of fused-ring (bicyclic) bond motifs is 1. The second-order valence-corrected chi connectivity index (χ2v) is 6.77. The van der Waals surface area contributed by atoms with E-state index in [9.17, 15) is 0 Å². The van der Waals surface area contributed by atoms with E-state index in [1.54, 1.807) is 18.4 Å². The molecule has 24 heavy (non-hydrogen) atoms. The number of hydrogen-bond donors (Lipinski definition) is 2. The highest BCUT2D eigenvalue weighted by Gasteiger charge is 2.11. The minimum absolute atomic E-state index is 0.677. The number of nitrogens with one attached hydrogen (secondary N) is 2. The van der Waals surface area contributed by atoms with Gasteiger partial charge in [0.2, 0.25) is 0 Å². The number of anilines is 1. The second-order valence-electron chi connectivity index (χ2n) is 5.45. The Morgan fingerprint density at radius 1 is 1.29 bits per heavy atom. The van der Waals surface area contributed by atoms with Crippen LogP contribution in [0.25, 0.3) is 0 Å². The fraction of sp³-hybridized carbons (Fsp3) is 0.412. The number of ether oxygens (including phenoxy) is 2. The first-order valence-corrected chi connectivity index (χ1v) is 8.85. The van der Waals surface area contributed by atoms with E-state index in [1.165, 1.54) is 4.88 Å². The van der Waals surface area contributed by atoms with Crippen LogP contribution in [0.15, 0.2) is 29.4 Å². The lowest BCUT2D eigenvalue weighted by Gasteiger charge is -2.13. The maximum atomic E-state index is 5.71. The van der Waals surface area contributed by atoms with Crippen LogP contribution in [0.3, 0.4) is 0 Å². The molecule has 1 aromatic heterocycles. The highest BCUT2D eigenvalue weighted by molar-refractivity contribution is 7.11. The number of aromatic nitrogens is 1. The van der Waals surface area contributed by atoms with Crippen LogP contribution in [0.2, 0.25) is 0 Å².